The van der Waals surface area contributed by atoms with E-state index in [9.17, 15) is 5.11 Å². The summed E-state index contributed by atoms with van der Waals surface area (Å²) in [6, 6.07) is 10.4. The van der Waals surface area contributed by atoms with E-state index in [1.54, 1.807) is 0 Å². The predicted octanol–water partition coefficient (Wildman–Crippen LogP) is 4.45. The van der Waals surface area contributed by atoms with Crippen LogP contribution in [0.15, 0.2) is 30.3 Å². The van der Waals surface area contributed by atoms with Crippen LogP contribution in [0.5, 0.6) is 0 Å². The quantitative estimate of drug-likeness (QED) is 0.814. The van der Waals surface area contributed by atoms with Gasteiger partial charge in [0.05, 0.1) is 6.10 Å². The van der Waals surface area contributed by atoms with Gasteiger partial charge in [-0.3, -0.25) is 0 Å². The zero-order valence-electron chi connectivity index (χ0n) is 10.2. The van der Waals surface area contributed by atoms with Crippen molar-refractivity contribution in [3.05, 3.63) is 35.9 Å². The van der Waals surface area contributed by atoms with E-state index >= 15 is 0 Å². The Bertz CT molecular complexity index is 319. The van der Waals surface area contributed by atoms with Gasteiger partial charge in [-0.05, 0) is 30.7 Å². The molecule has 2 heteroatoms. The molecule has 0 amide bonds. The van der Waals surface area contributed by atoms with Gasteiger partial charge < -0.3 is 5.11 Å². The van der Waals surface area contributed by atoms with Crippen LogP contribution in [0.1, 0.15) is 48.9 Å². The Kier molecular flexibility index (Phi) is 5.05. The van der Waals surface area contributed by atoms with Crippen LogP contribution in [-0.4, -0.2) is 11.2 Å². The van der Waals surface area contributed by atoms with Crippen molar-refractivity contribution in [2.45, 2.75) is 49.5 Å². The molecular weight excluding hydrogens is 276 g/mol. The fourth-order valence-corrected chi connectivity index (χ4v) is 3.41. The summed E-state index contributed by atoms with van der Waals surface area (Å²) in [6.45, 7) is 0. The monoisotopic (exact) mass is 296 g/mol. The van der Waals surface area contributed by atoms with E-state index in [0.717, 1.165) is 6.42 Å². The van der Waals surface area contributed by atoms with Crippen molar-refractivity contribution in [3.63, 3.8) is 0 Å². The zero-order valence-corrected chi connectivity index (χ0v) is 11.8. The molecule has 0 saturated heterocycles. The normalized spacial score (nSPS) is 21.1. The molecule has 1 fully saturated rings. The van der Waals surface area contributed by atoms with Gasteiger partial charge in [0.25, 0.3) is 0 Å². The molecule has 0 unspecified atom stereocenters. The molecule has 2 atom stereocenters. The first kappa shape index (κ1) is 13.1. The summed E-state index contributed by atoms with van der Waals surface area (Å²) in [4.78, 5) is 0.278. The van der Waals surface area contributed by atoms with Crippen molar-refractivity contribution < 1.29 is 5.11 Å². The van der Waals surface area contributed by atoms with Crippen LogP contribution in [0.3, 0.4) is 0 Å². The standard InChI is InChI=1S/C15H21BrO/c16-14(12-7-3-1-4-8-12)11-15(17)13-9-5-2-6-10-13/h1,3-4,7-8,13-15,17H,2,5-6,9-11H2/t14-,15-/m1/s1. The van der Waals surface area contributed by atoms with Crippen LogP contribution in [-0.2, 0) is 0 Å². The fraction of sp³-hybridized carbons (Fsp3) is 0.600. The van der Waals surface area contributed by atoms with E-state index in [2.05, 4.69) is 40.2 Å². The zero-order chi connectivity index (χ0) is 12.1. The van der Waals surface area contributed by atoms with E-state index in [4.69, 9.17) is 0 Å². The lowest BCUT2D eigenvalue weighted by Crippen LogP contribution is -2.23. The van der Waals surface area contributed by atoms with Crippen molar-refractivity contribution in [1.29, 1.82) is 0 Å². The molecule has 1 nitrogen and oxygen atoms in total. The molecule has 1 aromatic carbocycles. The predicted molar refractivity (Wildman–Crippen MR) is 75.3 cm³/mol. The highest BCUT2D eigenvalue weighted by atomic mass is 79.9. The summed E-state index contributed by atoms with van der Waals surface area (Å²) >= 11 is 3.69. The maximum Gasteiger partial charge on any atom is 0.0582 e. The smallest absolute Gasteiger partial charge is 0.0582 e. The highest BCUT2D eigenvalue weighted by molar-refractivity contribution is 9.09. The largest absolute Gasteiger partial charge is 0.393 e. The Morgan fingerprint density at radius 2 is 1.76 bits per heavy atom. The first-order chi connectivity index (χ1) is 8.27. The van der Waals surface area contributed by atoms with Crippen LogP contribution in [0, 0.1) is 5.92 Å². The summed E-state index contributed by atoms with van der Waals surface area (Å²) in [5.41, 5.74) is 1.27. The Morgan fingerprint density at radius 3 is 2.41 bits per heavy atom. The van der Waals surface area contributed by atoms with Crippen LogP contribution in [0.4, 0.5) is 0 Å². The average molecular weight is 297 g/mol. The SMILES string of the molecule is O[C@H](C[C@@H](Br)c1ccccc1)C1CCCCC1. The van der Waals surface area contributed by atoms with Crippen LogP contribution in [0.25, 0.3) is 0 Å². The molecule has 17 heavy (non-hydrogen) atoms. The number of halogens is 1. The van der Waals surface area contributed by atoms with Crippen molar-refractivity contribution >= 4 is 15.9 Å². The molecule has 2 rings (SSSR count). The Morgan fingerprint density at radius 1 is 1.12 bits per heavy atom. The maximum absolute atomic E-state index is 10.3. The highest BCUT2D eigenvalue weighted by Crippen LogP contribution is 2.34. The van der Waals surface area contributed by atoms with Crippen LogP contribution in [0.2, 0.25) is 0 Å². The van der Waals surface area contributed by atoms with Crippen molar-refractivity contribution in [2.24, 2.45) is 5.92 Å². The van der Waals surface area contributed by atoms with Gasteiger partial charge in [-0.25, -0.2) is 0 Å². The molecule has 1 saturated carbocycles. The molecule has 0 radical (unpaired) electrons. The van der Waals surface area contributed by atoms with E-state index in [0.29, 0.717) is 5.92 Å². The molecule has 1 aliphatic carbocycles. The Labute approximate surface area is 112 Å². The van der Waals surface area contributed by atoms with Crippen LogP contribution < -0.4 is 0 Å². The first-order valence-corrected chi connectivity index (χ1v) is 7.56. The lowest BCUT2D eigenvalue weighted by atomic mass is 9.83. The lowest BCUT2D eigenvalue weighted by Gasteiger charge is -2.28. The Hall–Kier alpha value is -0.340. The lowest BCUT2D eigenvalue weighted by molar-refractivity contribution is 0.0773. The number of hydrogen-bond donors (Lipinski definition) is 1. The number of aliphatic hydroxyl groups is 1. The summed E-state index contributed by atoms with van der Waals surface area (Å²) < 4.78 is 0. The third-order valence-electron chi connectivity index (χ3n) is 3.80. The van der Waals surface area contributed by atoms with Gasteiger partial charge in [-0.15, -0.1) is 0 Å². The van der Waals surface area contributed by atoms with Gasteiger partial charge in [-0.2, -0.15) is 0 Å². The third kappa shape index (κ3) is 3.82. The average Bonchev–Trinajstić information content (AvgIpc) is 2.40. The second kappa shape index (κ2) is 6.55. The molecule has 0 heterocycles. The number of alkyl halides is 1. The number of rotatable bonds is 4. The second-order valence-electron chi connectivity index (χ2n) is 5.08. The van der Waals surface area contributed by atoms with Gasteiger partial charge >= 0.3 is 0 Å². The number of hydrogen-bond acceptors (Lipinski definition) is 1. The molecule has 0 aliphatic heterocycles. The minimum Gasteiger partial charge on any atom is -0.393 e. The van der Waals surface area contributed by atoms with E-state index in [1.165, 1.54) is 37.7 Å². The van der Waals surface area contributed by atoms with E-state index < -0.39 is 0 Å². The first-order valence-electron chi connectivity index (χ1n) is 6.64. The van der Waals surface area contributed by atoms with Gasteiger partial charge in [0, 0.05) is 4.83 Å². The molecular formula is C15H21BrO. The van der Waals surface area contributed by atoms with E-state index in [-0.39, 0.29) is 10.9 Å². The summed E-state index contributed by atoms with van der Waals surface area (Å²) in [5.74, 6) is 0.521. The van der Waals surface area contributed by atoms with Crippen molar-refractivity contribution in [2.75, 3.05) is 0 Å². The van der Waals surface area contributed by atoms with E-state index in [1.807, 2.05) is 6.07 Å². The van der Waals surface area contributed by atoms with Gasteiger partial charge in [-0.1, -0.05) is 65.5 Å². The molecule has 1 N–H and O–H groups in total. The number of benzene rings is 1. The molecule has 94 valence electrons. The molecule has 0 bridgehead atoms. The van der Waals surface area contributed by atoms with Gasteiger partial charge in [0.2, 0.25) is 0 Å². The number of aliphatic hydroxyl groups excluding tert-OH is 1. The van der Waals surface area contributed by atoms with Gasteiger partial charge in [0.15, 0.2) is 0 Å². The minimum absolute atomic E-state index is 0.153. The Balaban J connectivity index is 1.87. The molecule has 0 spiro atoms. The summed E-state index contributed by atoms with van der Waals surface area (Å²) in [7, 11) is 0. The van der Waals surface area contributed by atoms with Crippen LogP contribution >= 0.6 is 15.9 Å². The highest BCUT2D eigenvalue weighted by Gasteiger charge is 2.24. The molecule has 1 aliphatic rings. The molecule has 1 aromatic rings. The molecule has 0 aromatic heterocycles. The summed E-state index contributed by atoms with van der Waals surface area (Å²) in [5, 5.41) is 10.3. The minimum atomic E-state index is -0.153. The second-order valence-corrected chi connectivity index (χ2v) is 6.18. The topological polar surface area (TPSA) is 20.2 Å². The fourth-order valence-electron chi connectivity index (χ4n) is 2.72. The van der Waals surface area contributed by atoms with Gasteiger partial charge in [0.1, 0.15) is 0 Å². The van der Waals surface area contributed by atoms with Crippen molar-refractivity contribution in [1.82, 2.24) is 0 Å². The van der Waals surface area contributed by atoms with Crippen molar-refractivity contribution in [3.8, 4) is 0 Å². The third-order valence-corrected chi connectivity index (χ3v) is 4.71. The maximum atomic E-state index is 10.3. The summed E-state index contributed by atoms with van der Waals surface area (Å²) in [6.07, 6.45) is 7.01.